The molecule has 0 atom stereocenters. The fraction of sp³-hybridized carbons (Fsp3) is 0.0667. The van der Waals surface area contributed by atoms with E-state index in [0.29, 0.717) is 11.3 Å². The summed E-state index contributed by atoms with van der Waals surface area (Å²) in [6.45, 7) is 0.124. The first-order valence-corrected chi connectivity index (χ1v) is 7.39. The Morgan fingerprint density at radius 2 is 2.10 bits per heavy atom. The van der Waals surface area contributed by atoms with E-state index in [1.54, 1.807) is 12.1 Å². The van der Waals surface area contributed by atoms with Crippen LogP contribution < -0.4 is 5.73 Å². The summed E-state index contributed by atoms with van der Waals surface area (Å²) in [6.07, 6.45) is 0. The molecule has 106 valence electrons. The molecule has 0 aliphatic carbocycles. The highest BCUT2D eigenvalue weighted by atomic mass is 35.5. The third-order valence-electron chi connectivity index (χ3n) is 2.88. The predicted octanol–water partition coefficient (Wildman–Crippen LogP) is 3.89. The van der Waals surface area contributed by atoms with Gasteiger partial charge in [-0.1, -0.05) is 23.7 Å². The van der Waals surface area contributed by atoms with Crippen molar-refractivity contribution in [3.8, 4) is 0 Å². The van der Waals surface area contributed by atoms with Gasteiger partial charge >= 0.3 is 5.97 Å². The Morgan fingerprint density at radius 1 is 1.29 bits per heavy atom. The standard InChI is InChI=1S/C15H11ClN2O2S/c16-11-7-9(17)5-6-10(11)15(19)20-8-14-18-12-3-1-2-4-13(12)21-14/h1-7H,8,17H2. The molecule has 21 heavy (non-hydrogen) atoms. The molecule has 3 rings (SSSR count). The molecule has 2 N–H and O–H groups in total. The second-order valence-corrected chi connectivity index (χ2v) is 5.91. The van der Waals surface area contributed by atoms with Crippen molar-refractivity contribution in [2.75, 3.05) is 5.73 Å². The highest BCUT2D eigenvalue weighted by Gasteiger charge is 2.13. The molecule has 0 fully saturated rings. The summed E-state index contributed by atoms with van der Waals surface area (Å²) >= 11 is 7.48. The molecule has 2 aromatic carbocycles. The number of hydrogen-bond acceptors (Lipinski definition) is 5. The molecule has 0 spiro atoms. The number of carbonyl (C=O) groups excluding carboxylic acids is 1. The minimum absolute atomic E-state index is 0.124. The number of fused-ring (bicyclic) bond motifs is 1. The second-order valence-electron chi connectivity index (χ2n) is 4.39. The Labute approximate surface area is 130 Å². The van der Waals surface area contributed by atoms with Gasteiger partial charge in [-0.2, -0.15) is 0 Å². The molecule has 6 heteroatoms. The molecule has 0 saturated heterocycles. The van der Waals surface area contributed by atoms with Gasteiger partial charge in [0.25, 0.3) is 0 Å². The number of hydrogen-bond donors (Lipinski definition) is 1. The van der Waals surface area contributed by atoms with E-state index in [1.165, 1.54) is 17.4 Å². The van der Waals surface area contributed by atoms with Gasteiger partial charge in [0, 0.05) is 5.69 Å². The molecule has 0 radical (unpaired) electrons. The Balaban J connectivity index is 1.73. The Morgan fingerprint density at radius 3 is 2.86 bits per heavy atom. The number of benzene rings is 2. The van der Waals surface area contributed by atoms with Crippen LogP contribution in [0.4, 0.5) is 5.69 Å². The van der Waals surface area contributed by atoms with Crippen LogP contribution in [0, 0.1) is 0 Å². The SMILES string of the molecule is Nc1ccc(C(=O)OCc2nc3ccccc3s2)c(Cl)c1. The molecule has 0 aliphatic rings. The molecular formula is C15H11ClN2O2S. The molecular weight excluding hydrogens is 308 g/mol. The lowest BCUT2D eigenvalue weighted by Crippen LogP contribution is -2.06. The van der Waals surface area contributed by atoms with Gasteiger partial charge in [-0.3, -0.25) is 0 Å². The van der Waals surface area contributed by atoms with E-state index in [2.05, 4.69) is 4.98 Å². The van der Waals surface area contributed by atoms with Gasteiger partial charge in [-0.25, -0.2) is 9.78 Å². The minimum Gasteiger partial charge on any atom is -0.455 e. The molecule has 0 saturated carbocycles. The zero-order valence-electron chi connectivity index (χ0n) is 10.9. The molecule has 0 aliphatic heterocycles. The van der Waals surface area contributed by atoms with Gasteiger partial charge in [-0.05, 0) is 30.3 Å². The van der Waals surface area contributed by atoms with Crippen molar-refractivity contribution in [3.63, 3.8) is 0 Å². The van der Waals surface area contributed by atoms with Crippen molar-refractivity contribution in [2.45, 2.75) is 6.61 Å². The maximum absolute atomic E-state index is 12.0. The van der Waals surface area contributed by atoms with E-state index in [1.807, 2.05) is 24.3 Å². The molecule has 4 nitrogen and oxygen atoms in total. The van der Waals surface area contributed by atoms with Crippen LogP contribution in [0.5, 0.6) is 0 Å². The van der Waals surface area contributed by atoms with E-state index < -0.39 is 5.97 Å². The number of para-hydroxylation sites is 1. The fourth-order valence-electron chi connectivity index (χ4n) is 1.88. The van der Waals surface area contributed by atoms with Crippen LogP contribution in [-0.2, 0) is 11.3 Å². The average molecular weight is 319 g/mol. The normalized spacial score (nSPS) is 10.7. The number of nitrogens with two attached hydrogens (primary N) is 1. The number of thiazole rings is 1. The van der Waals surface area contributed by atoms with E-state index in [4.69, 9.17) is 22.1 Å². The van der Waals surface area contributed by atoms with Crippen LogP contribution in [0.3, 0.4) is 0 Å². The van der Waals surface area contributed by atoms with Gasteiger partial charge in [-0.15, -0.1) is 11.3 Å². The van der Waals surface area contributed by atoms with E-state index in [-0.39, 0.29) is 11.6 Å². The quantitative estimate of drug-likeness (QED) is 0.587. The van der Waals surface area contributed by atoms with Crippen molar-refractivity contribution in [3.05, 3.63) is 58.1 Å². The van der Waals surface area contributed by atoms with Gasteiger partial charge in [0.05, 0.1) is 20.8 Å². The van der Waals surface area contributed by atoms with Crippen molar-refractivity contribution in [1.82, 2.24) is 4.98 Å². The topological polar surface area (TPSA) is 65.2 Å². The van der Waals surface area contributed by atoms with Crippen LogP contribution in [0.25, 0.3) is 10.2 Å². The van der Waals surface area contributed by atoms with Crippen LogP contribution in [0.2, 0.25) is 5.02 Å². The molecule has 1 aromatic heterocycles. The zero-order chi connectivity index (χ0) is 14.8. The Hall–Kier alpha value is -2.11. The average Bonchev–Trinajstić information content (AvgIpc) is 2.87. The second kappa shape index (κ2) is 5.71. The number of esters is 1. The number of nitrogens with zero attached hydrogens (tertiary/aromatic N) is 1. The summed E-state index contributed by atoms with van der Waals surface area (Å²) in [7, 11) is 0. The first-order valence-electron chi connectivity index (χ1n) is 6.20. The highest BCUT2D eigenvalue weighted by molar-refractivity contribution is 7.18. The largest absolute Gasteiger partial charge is 0.455 e. The maximum Gasteiger partial charge on any atom is 0.340 e. The van der Waals surface area contributed by atoms with Crippen molar-refractivity contribution in [2.24, 2.45) is 0 Å². The number of halogens is 1. The van der Waals surface area contributed by atoms with Gasteiger partial charge in [0.15, 0.2) is 0 Å². The fourth-order valence-corrected chi connectivity index (χ4v) is 3.03. The third-order valence-corrected chi connectivity index (χ3v) is 4.20. The number of anilines is 1. The van der Waals surface area contributed by atoms with E-state index in [9.17, 15) is 4.79 Å². The lowest BCUT2D eigenvalue weighted by molar-refractivity contribution is 0.0473. The van der Waals surface area contributed by atoms with Crippen LogP contribution in [0.1, 0.15) is 15.4 Å². The van der Waals surface area contributed by atoms with Crippen molar-refractivity contribution in [1.29, 1.82) is 0 Å². The number of rotatable bonds is 3. The zero-order valence-corrected chi connectivity index (χ0v) is 12.4. The maximum atomic E-state index is 12.0. The number of nitrogen functional groups attached to an aromatic ring is 1. The smallest absolute Gasteiger partial charge is 0.340 e. The van der Waals surface area contributed by atoms with E-state index >= 15 is 0 Å². The molecule has 0 bridgehead atoms. The van der Waals surface area contributed by atoms with Crippen LogP contribution in [-0.4, -0.2) is 11.0 Å². The lowest BCUT2D eigenvalue weighted by Gasteiger charge is -2.05. The summed E-state index contributed by atoms with van der Waals surface area (Å²) in [4.78, 5) is 16.4. The van der Waals surface area contributed by atoms with Crippen LogP contribution >= 0.6 is 22.9 Å². The molecule has 0 unspecified atom stereocenters. The van der Waals surface area contributed by atoms with Gasteiger partial charge < -0.3 is 10.5 Å². The summed E-state index contributed by atoms with van der Waals surface area (Å²) in [5, 5.41) is 1.03. The number of ether oxygens (including phenoxy) is 1. The first kappa shape index (κ1) is 13.9. The van der Waals surface area contributed by atoms with Crippen LogP contribution in [0.15, 0.2) is 42.5 Å². The first-order chi connectivity index (χ1) is 10.1. The number of carbonyl (C=O) groups is 1. The molecule has 1 heterocycles. The minimum atomic E-state index is -0.487. The predicted molar refractivity (Wildman–Crippen MR) is 84.6 cm³/mol. The van der Waals surface area contributed by atoms with Crippen molar-refractivity contribution >= 4 is 44.8 Å². The lowest BCUT2D eigenvalue weighted by atomic mass is 10.2. The molecule has 0 amide bonds. The summed E-state index contributed by atoms with van der Waals surface area (Å²) in [6, 6.07) is 12.5. The van der Waals surface area contributed by atoms with Crippen molar-refractivity contribution < 1.29 is 9.53 Å². The monoisotopic (exact) mass is 318 g/mol. The molecule has 3 aromatic rings. The summed E-state index contributed by atoms with van der Waals surface area (Å²) in [5.41, 5.74) is 7.29. The van der Waals surface area contributed by atoms with Gasteiger partial charge in [0.2, 0.25) is 0 Å². The number of aromatic nitrogens is 1. The highest BCUT2D eigenvalue weighted by Crippen LogP contribution is 2.23. The van der Waals surface area contributed by atoms with Gasteiger partial charge in [0.1, 0.15) is 11.6 Å². The van der Waals surface area contributed by atoms with E-state index in [0.717, 1.165) is 15.2 Å². The Bertz CT molecular complexity index is 783. The summed E-state index contributed by atoms with van der Waals surface area (Å²) in [5.74, 6) is -0.487. The summed E-state index contributed by atoms with van der Waals surface area (Å²) < 4.78 is 6.31. The Kier molecular flexibility index (Phi) is 3.77. The third kappa shape index (κ3) is 2.99.